The van der Waals surface area contributed by atoms with Crippen molar-refractivity contribution in [3.8, 4) is 0 Å². The van der Waals surface area contributed by atoms with Gasteiger partial charge < -0.3 is 5.73 Å². The number of hydrogen-bond donors (Lipinski definition) is 1. The van der Waals surface area contributed by atoms with E-state index in [1.165, 1.54) is 11.3 Å². The van der Waals surface area contributed by atoms with Crippen LogP contribution < -0.4 is 5.73 Å². The number of aromatic nitrogens is 2. The number of nitrogens with two attached hydrogens (primary N) is 1. The van der Waals surface area contributed by atoms with Crippen molar-refractivity contribution in [3.63, 3.8) is 0 Å². The molecule has 0 aromatic carbocycles. The van der Waals surface area contributed by atoms with Crippen LogP contribution >= 0.6 is 0 Å². The Balaban J connectivity index is 2.15. The maximum Gasteiger partial charge on any atom is 0.0722 e. The molecule has 1 atom stereocenters. The second-order valence-electron chi connectivity index (χ2n) is 6.21. The quantitative estimate of drug-likeness (QED) is 0.840. The van der Waals surface area contributed by atoms with Gasteiger partial charge in [-0.2, -0.15) is 5.10 Å². The van der Waals surface area contributed by atoms with Gasteiger partial charge in [0.05, 0.1) is 5.69 Å². The van der Waals surface area contributed by atoms with E-state index in [0.29, 0.717) is 6.04 Å². The Morgan fingerprint density at radius 1 is 1.47 bits per heavy atom. The molecule has 1 aliphatic rings. The number of likely N-dealkylation sites (tertiary alicyclic amines) is 1. The fourth-order valence-corrected chi connectivity index (χ4v) is 2.53. The lowest BCUT2D eigenvalue weighted by Crippen LogP contribution is -2.27. The van der Waals surface area contributed by atoms with Gasteiger partial charge >= 0.3 is 0 Å². The molecule has 1 aromatic rings. The molecule has 96 valence electrons. The third kappa shape index (κ3) is 2.87. The average Bonchev–Trinajstić information content (AvgIpc) is 2.72. The van der Waals surface area contributed by atoms with Gasteiger partial charge in [0.15, 0.2) is 0 Å². The van der Waals surface area contributed by atoms with Gasteiger partial charge in [0.25, 0.3) is 0 Å². The largest absolute Gasteiger partial charge is 0.326 e. The van der Waals surface area contributed by atoms with Gasteiger partial charge in [-0.3, -0.25) is 9.58 Å². The second-order valence-corrected chi connectivity index (χ2v) is 6.21. The van der Waals surface area contributed by atoms with E-state index in [9.17, 15) is 0 Å². The summed E-state index contributed by atoms with van der Waals surface area (Å²) in [6.45, 7) is 9.75. The zero-order valence-electron chi connectivity index (χ0n) is 11.4. The summed E-state index contributed by atoms with van der Waals surface area (Å²) in [5.41, 5.74) is 8.61. The van der Waals surface area contributed by atoms with E-state index < -0.39 is 0 Å². The van der Waals surface area contributed by atoms with Crippen LogP contribution in [0.2, 0.25) is 0 Å². The molecule has 1 aromatic heterocycles. The first-order valence-corrected chi connectivity index (χ1v) is 6.37. The molecule has 0 bridgehead atoms. The van der Waals surface area contributed by atoms with Crippen LogP contribution in [0.3, 0.4) is 0 Å². The third-order valence-corrected chi connectivity index (χ3v) is 3.32. The number of aryl methyl sites for hydroxylation is 1. The molecule has 17 heavy (non-hydrogen) atoms. The van der Waals surface area contributed by atoms with Crippen molar-refractivity contribution in [1.29, 1.82) is 0 Å². The summed E-state index contributed by atoms with van der Waals surface area (Å²) >= 11 is 0. The fourth-order valence-electron chi connectivity index (χ4n) is 2.53. The molecule has 1 saturated heterocycles. The summed E-state index contributed by atoms with van der Waals surface area (Å²) in [7, 11) is 1.99. The normalized spacial score (nSPS) is 22.3. The SMILES string of the molecule is Cn1cc(CN2CCC(N)C2)c(C(C)(C)C)n1. The van der Waals surface area contributed by atoms with Gasteiger partial charge in [0, 0.05) is 49.9 Å². The van der Waals surface area contributed by atoms with E-state index in [1.807, 2.05) is 11.7 Å². The molecule has 2 heterocycles. The summed E-state index contributed by atoms with van der Waals surface area (Å²) in [6, 6.07) is 0.352. The summed E-state index contributed by atoms with van der Waals surface area (Å²) in [4.78, 5) is 2.43. The minimum absolute atomic E-state index is 0.110. The van der Waals surface area contributed by atoms with Crippen LogP contribution in [-0.2, 0) is 19.0 Å². The van der Waals surface area contributed by atoms with Crippen molar-refractivity contribution < 1.29 is 0 Å². The van der Waals surface area contributed by atoms with Crippen molar-refractivity contribution in [2.75, 3.05) is 13.1 Å². The Bertz CT molecular complexity index is 389. The summed E-state index contributed by atoms with van der Waals surface area (Å²) in [5.74, 6) is 0. The van der Waals surface area contributed by atoms with Crippen LogP contribution in [0, 0.1) is 0 Å². The highest BCUT2D eigenvalue weighted by atomic mass is 15.3. The summed E-state index contributed by atoms with van der Waals surface area (Å²) in [6.07, 6.45) is 3.26. The van der Waals surface area contributed by atoms with Crippen LogP contribution in [0.1, 0.15) is 38.4 Å². The lowest BCUT2D eigenvalue weighted by Gasteiger charge is -2.20. The maximum absolute atomic E-state index is 5.95. The highest BCUT2D eigenvalue weighted by Gasteiger charge is 2.25. The van der Waals surface area contributed by atoms with Gasteiger partial charge in [0.2, 0.25) is 0 Å². The van der Waals surface area contributed by atoms with Crippen molar-refractivity contribution in [2.24, 2.45) is 12.8 Å². The molecule has 1 aliphatic heterocycles. The lowest BCUT2D eigenvalue weighted by molar-refractivity contribution is 0.323. The lowest BCUT2D eigenvalue weighted by atomic mass is 9.89. The van der Waals surface area contributed by atoms with E-state index in [4.69, 9.17) is 5.73 Å². The topological polar surface area (TPSA) is 47.1 Å². The molecular formula is C13H24N4. The van der Waals surface area contributed by atoms with Crippen molar-refractivity contribution in [2.45, 2.75) is 45.2 Å². The molecule has 1 fully saturated rings. The zero-order chi connectivity index (χ0) is 12.6. The standard InChI is InChI=1S/C13H24N4/c1-13(2,3)12-10(7-16(4)15-12)8-17-6-5-11(14)9-17/h7,11H,5-6,8-9,14H2,1-4H3. The monoisotopic (exact) mass is 236 g/mol. The summed E-state index contributed by atoms with van der Waals surface area (Å²) in [5, 5.41) is 4.60. The number of rotatable bonds is 2. The van der Waals surface area contributed by atoms with Crippen LogP contribution in [0.5, 0.6) is 0 Å². The Kier molecular flexibility index (Phi) is 3.27. The third-order valence-electron chi connectivity index (χ3n) is 3.32. The van der Waals surface area contributed by atoms with Gasteiger partial charge in [-0.1, -0.05) is 20.8 Å². The predicted octanol–water partition coefficient (Wildman–Crippen LogP) is 1.25. The molecule has 2 rings (SSSR count). The minimum atomic E-state index is 0.110. The smallest absolute Gasteiger partial charge is 0.0722 e. The van der Waals surface area contributed by atoms with Gasteiger partial charge in [0.1, 0.15) is 0 Å². The zero-order valence-corrected chi connectivity index (χ0v) is 11.4. The highest BCUT2D eigenvalue weighted by Crippen LogP contribution is 2.25. The van der Waals surface area contributed by atoms with E-state index in [2.05, 4.69) is 37.0 Å². The Hall–Kier alpha value is -0.870. The maximum atomic E-state index is 5.95. The van der Waals surface area contributed by atoms with E-state index >= 15 is 0 Å². The molecule has 2 N–H and O–H groups in total. The number of hydrogen-bond acceptors (Lipinski definition) is 3. The fraction of sp³-hybridized carbons (Fsp3) is 0.769. The Morgan fingerprint density at radius 2 is 2.18 bits per heavy atom. The van der Waals surface area contributed by atoms with Crippen LogP contribution in [0.15, 0.2) is 6.20 Å². The van der Waals surface area contributed by atoms with Crippen LogP contribution in [0.4, 0.5) is 0 Å². The molecule has 0 spiro atoms. The Morgan fingerprint density at radius 3 is 2.71 bits per heavy atom. The van der Waals surface area contributed by atoms with Crippen molar-refractivity contribution in [1.82, 2.24) is 14.7 Å². The highest BCUT2D eigenvalue weighted by molar-refractivity contribution is 5.24. The van der Waals surface area contributed by atoms with Gasteiger partial charge in [-0.05, 0) is 6.42 Å². The molecule has 0 radical (unpaired) electrons. The summed E-state index contributed by atoms with van der Waals surface area (Å²) < 4.78 is 1.92. The molecule has 4 nitrogen and oxygen atoms in total. The molecule has 4 heteroatoms. The molecule has 0 aliphatic carbocycles. The van der Waals surface area contributed by atoms with Gasteiger partial charge in [-0.15, -0.1) is 0 Å². The molecular weight excluding hydrogens is 212 g/mol. The van der Waals surface area contributed by atoms with Crippen molar-refractivity contribution >= 4 is 0 Å². The van der Waals surface area contributed by atoms with E-state index in [-0.39, 0.29) is 5.41 Å². The second kappa shape index (κ2) is 4.42. The molecule has 1 unspecified atom stereocenters. The first-order chi connectivity index (χ1) is 7.86. The first kappa shape index (κ1) is 12.6. The number of nitrogens with zero attached hydrogens (tertiary/aromatic N) is 3. The van der Waals surface area contributed by atoms with E-state index in [1.54, 1.807) is 0 Å². The van der Waals surface area contributed by atoms with E-state index in [0.717, 1.165) is 26.1 Å². The molecule has 0 saturated carbocycles. The minimum Gasteiger partial charge on any atom is -0.326 e. The Labute approximate surface area is 104 Å². The van der Waals surface area contributed by atoms with Gasteiger partial charge in [-0.25, -0.2) is 0 Å². The predicted molar refractivity (Wildman–Crippen MR) is 69.8 cm³/mol. The van der Waals surface area contributed by atoms with Crippen LogP contribution in [-0.4, -0.2) is 33.8 Å². The first-order valence-electron chi connectivity index (χ1n) is 6.37. The van der Waals surface area contributed by atoms with Crippen molar-refractivity contribution in [3.05, 3.63) is 17.5 Å². The average molecular weight is 236 g/mol. The molecule has 0 amide bonds. The van der Waals surface area contributed by atoms with Crippen LogP contribution in [0.25, 0.3) is 0 Å².